The third-order valence-corrected chi connectivity index (χ3v) is 6.44. The molecule has 182 valence electrons. The van der Waals surface area contributed by atoms with Gasteiger partial charge in [-0.25, -0.2) is 18.6 Å². The minimum atomic E-state index is -1.23. The van der Waals surface area contributed by atoms with E-state index in [2.05, 4.69) is 22.8 Å². The highest BCUT2D eigenvalue weighted by molar-refractivity contribution is 5.96. The quantitative estimate of drug-likeness (QED) is 0.486. The summed E-state index contributed by atoms with van der Waals surface area (Å²) in [6.45, 7) is 1.14. The number of aryl methyl sites for hydroxylation is 2. The number of aromatic nitrogens is 1. The Morgan fingerprint density at radius 3 is 2.71 bits per heavy atom. The van der Waals surface area contributed by atoms with Crippen molar-refractivity contribution in [1.29, 1.82) is 0 Å². The van der Waals surface area contributed by atoms with Gasteiger partial charge in [0.1, 0.15) is 23.5 Å². The Hall–Kier alpha value is -3.07. The molecule has 34 heavy (non-hydrogen) atoms. The summed E-state index contributed by atoms with van der Waals surface area (Å²) in [5.74, 6) is -2.32. The molecule has 1 aliphatic carbocycles. The lowest BCUT2D eigenvalue weighted by Crippen LogP contribution is -2.42. The molecule has 1 atom stereocenters. The van der Waals surface area contributed by atoms with Gasteiger partial charge in [0, 0.05) is 36.9 Å². The fraction of sp³-hybridized carbons (Fsp3) is 0.480. The maximum Gasteiger partial charge on any atom is 0.326 e. The number of carboxylic acids is 1. The number of carbonyl (C=O) groups is 2. The summed E-state index contributed by atoms with van der Waals surface area (Å²) in [5.41, 5.74) is 2.11. The first-order chi connectivity index (χ1) is 16.4. The highest BCUT2D eigenvalue weighted by Crippen LogP contribution is 2.34. The molecule has 1 fully saturated rings. The van der Waals surface area contributed by atoms with Crippen molar-refractivity contribution in [3.8, 4) is 0 Å². The minimum absolute atomic E-state index is 0.0616. The van der Waals surface area contributed by atoms with Gasteiger partial charge < -0.3 is 20.5 Å². The first-order valence-electron chi connectivity index (χ1n) is 11.7. The normalized spacial score (nSPS) is 19.9. The largest absolute Gasteiger partial charge is 0.480 e. The highest BCUT2D eigenvalue weighted by atomic mass is 19.1. The zero-order chi connectivity index (χ0) is 24.1. The van der Waals surface area contributed by atoms with Gasteiger partial charge in [0.25, 0.3) is 5.91 Å². The van der Waals surface area contributed by atoms with E-state index < -0.39 is 29.6 Å². The summed E-state index contributed by atoms with van der Waals surface area (Å²) in [7, 11) is 0. The lowest BCUT2D eigenvalue weighted by Gasteiger charge is -2.35. The number of halogens is 2. The number of hydrogen-bond donors (Lipinski definition) is 3. The van der Waals surface area contributed by atoms with Crippen LogP contribution in [0.2, 0.25) is 0 Å². The number of hydrogen-bond acceptors (Lipinski definition) is 5. The van der Waals surface area contributed by atoms with Crippen LogP contribution in [-0.2, 0) is 22.4 Å². The number of benzene rings is 1. The van der Waals surface area contributed by atoms with Crippen LogP contribution in [0, 0.1) is 17.6 Å². The van der Waals surface area contributed by atoms with Crippen molar-refractivity contribution < 1.29 is 28.2 Å². The van der Waals surface area contributed by atoms with Crippen molar-refractivity contribution in [2.45, 2.75) is 57.1 Å². The van der Waals surface area contributed by atoms with Gasteiger partial charge in [-0.15, -0.1) is 0 Å². The summed E-state index contributed by atoms with van der Waals surface area (Å²) in [4.78, 5) is 28.4. The molecule has 1 unspecified atom stereocenters. The van der Waals surface area contributed by atoms with Gasteiger partial charge in [0.15, 0.2) is 0 Å². The van der Waals surface area contributed by atoms with Crippen molar-refractivity contribution >= 4 is 17.7 Å². The molecule has 1 aliphatic heterocycles. The molecule has 1 amide bonds. The molecule has 2 aliphatic rings. The topological polar surface area (TPSA) is 101 Å². The van der Waals surface area contributed by atoms with Crippen LogP contribution in [0.15, 0.2) is 30.3 Å². The van der Waals surface area contributed by atoms with E-state index >= 15 is 0 Å². The first kappa shape index (κ1) is 24.1. The van der Waals surface area contributed by atoms with E-state index in [1.807, 2.05) is 0 Å². The summed E-state index contributed by atoms with van der Waals surface area (Å²) < 4.78 is 32.4. The second-order valence-corrected chi connectivity index (χ2v) is 9.02. The van der Waals surface area contributed by atoms with Gasteiger partial charge in [0.2, 0.25) is 0 Å². The van der Waals surface area contributed by atoms with E-state index in [0.717, 1.165) is 68.7 Å². The lowest BCUT2D eigenvalue weighted by atomic mass is 9.79. The molecule has 0 radical (unpaired) electrons. The van der Waals surface area contributed by atoms with Crippen molar-refractivity contribution in [2.75, 3.05) is 18.5 Å². The average molecular weight is 474 g/mol. The molecular formula is C25H29F2N3O4. The number of carbonyl (C=O) groups excluding carboxylic acids is 1. The lowest BCUT2D eigenvalue weighted by molar-refractivity contribution is -0.140. The van der Waals surface area contributed by atoms with Gasteiger partial charge in [-0.05, 0) is 68.2 Å². The first-order valence-corrected chi connectivity index (χ1v) is 11.7. The summed E-state index contributed by atoms with van der Waals surface area (Å²) >= 11 is 0. The average Bonchev–Trinajstić information content (AvgIpc) is 2.78. The van der Waals surface area contributed by atoms with E-state index in [-0.39, 0.29) is 24.7 Å². The number of anilines is 1. The van der Waals surface area contributed by atoms with Crippen molar-refractivity contribution in [2.24, 2.45) is 5.92 Å². The Morgan fingerprint density at radius 2 is 1.97 bits per heavy atom. The standard InChI is InChI=1S/C25H29F2N3O4/c26-18-12-17(13-19(27)14-18)24(31)30-22(25(32)33)7-9-34-21-10-15(11-21)3-5-20-6-4-16-2-1-8-28-23(16)29-20/h4,6,12-15,21-22H,1-3,5,7-11H2,(H,28,29)(H,30,31)(H,32,33)/t15-,21-,22?. The summed E-state index contributed by atoms with van der Waals surface area (Å²) in [6, 6.07) is 5.43. The van der Waals surface area contributed by atoms with Crippen LogP contribution in [0.1, 0.15) is 53.7 Å². The third-order valence-electron chi connectivity index (χ3n) is 6.44. The highest BCUT2D eigenvalue weighted by Gasteiger charge is 2.30. The number of fused-ring (bicyclic) bond motifs is 1. The maximum atomic E-state index is 13.3. The number of nitrogens with zero attached hydrogens (tertiary/aromatic N) is 1. The number of nitrogens with one attached hydrogen (secondary N) is 2. The maximum absolute atomic E-state index is 13.3. The fourth-order valence-electron chi connectivity index (χ4n) is 4.44. The fourth-order valence-corrected chi connectivity index (χ4v) is 4.44. The van der Waals surface area contributed by atoms with E-state index in [1.165, 1.54) is 5.56 Å². The molecule has 1 aromatic carbocycles. The number of amides is 1. The van der Waals surface area contributed by atoms with Crippen LogP contribution in [0.25, 0.3) is 0 Å². The molecule has 4 rings (SSSR count). The molecule has 1 aromatic heterocycles. The van der Waals surface area contributed by atoms with Crippen LogP contribution >= 0.6 is 0 Å². The third kappa shape index (κ3) is 6.28. The molecule has 2 aromatic rings. The molecule has 2 heterocycles. The molecule has 9 heteroatoms. The van der Waals surface area contributed by atoms with Crippen LogP contribution in [0.4, 0.5) is 14.6 Å². The molecule has 7 nitrogen and oxygen atoms in total. The number of rotatable bonds is 10. The summed E-state index contributed by atoms with van der Waals surface area (Å²) in [6.07, 6.45) is 6.13. The number of aliphatic carboxylic acids is 1. The van der Waals surface area contributed by atoms with Gasteiger partial charge in [-0.3, -0.25) is 4.79 Å². The number of ether oxygens (including phenoxy) is 1. The SMILES string of the molecule is O=C(NC(CCO[C@H]1C[C@H](CCc2ccc3c(n2)NCCC3)C1)C(=O)O)c1cc(F)cc(F)c1. The monoisotopic (exact) mass is 473 g/mol. The number of pyridine rings is 1. The van der Waals surface area contributed by atoms with E-state index in [0.29, 0.717) is 12.0 Å². The van der Waals surface area contributed by atoms with Gasteiger partial charge in [-0.2, -0.15) is 0 Å². The zero-order valence-corrected chi connectivity index (χ0v) is 18.9. The predicted molar refractivity (Wildman–Crippen MR) is 122 cm³/mol. The van der Waals surface area contributed by atoms with Gasteiger partial charge in [-0.1, -0.05) is 6.07 Å². The van der Waals surface area contributed by atoms with Gasteiger partial charge in [0.05, 0.1) is 6.10 Å². The molecular weight excluding hydrogens is 444 g/mol. The van der Waals surface area contributed by atoms with Crippen molar-refractivity contribution in [3.63, 3.8) is 0 Å². The van der Waals surface area contributed by atoms with E-state index in [4.69, 9.17) is 9.72 Å². The second kappa shape index (κ2) is 10.9. The van der Waals surface area contributed by atoms with Crippen LogP contribution < -0.4 is 10.6 Å². The van der Waals surface area contributed by atoms with E-state index in [9.17, 15) is 23.5 Å². The van der Waals surface area contributed by atoms with Gasteiger partial charge >= 0.3 is 5.97 Å². The smallest absolute Gasteiger partial charge is 0.326 e. The van der Waals surface area contributed by atoms with Crippen LogP contribution in [-0.4, -0.2) is 47.3 Å². The Balaban J connectivity index is 1.16. The predicted octanol–water partition coefficient (Wildman–Crippen LogP) is 3.72. The van der Waals surface area contributed by atoms with Crippen LogP contribution in [0.3, 0.4) is 0 Å². The second-order valence-electron chi connectivity index (χ2n) is 9.02. The van der Waals surface area contributed by atoms with Crippen molar-refractivity contribution in [1.82, 2.24) is 10.3 Å². The number of carboxylic acid groups (broad SMARTS) is 1. The molecule has 0 spiro atoms. The molecule has 3 N–H and O–H groups in total. The zero-order valence-electron chi connectivity index (χ0n) is 18.9. The molecule has 0 bridgehead atoms. The van der Waals surface area contributed by atoms with Crippen molar-refractivity contribution in [3.05, 3.63) is 58.8 Å². The minimum Gasteiger partial charge on any atom is -0.480 e. The molecule has 0 saturated heterocycles. The summed E-state index contributed by atoms with van der Waals surface area (Å²) in [5, 5.41) is 15.0. The Labute approximate surface area is 196 Å². The Kier molecular flexibility index (Phi) is 7.72. The molecule has 1 saturated carbocycles. The van der Waals surface area contributed by atoms with Crippen LogP contribution in [0.5, 0.6) is 0 Å². The Bertz CT molecular complexity index is 1020. The Morgan fingerprint density at radius 1 is 1.21 bits per heavy atom. The van der Waals surface area contributed by atoms with E-state index in [1.54, 1.807) is 0 Å².